The first-order valence-corrected chi connectivity index (χ1v) is 7.31. The lowest BCUT2D eigenvalue weighted by molar-refractivity contribution is -0.125. The van der Waals surface area contributed by atoms with E-state index in [1.54, 1.807) is 6.07 Å². The number of carbonyl (C=O) groups excluding carboxylic acids is 2. The monoisotopic (exact) mass is 305 g/mol. The molecule has 0 aliphatic rings. The van der Waals surface area contributed by atoms with E-state index >= 15 is 0 Å². The normalized spacial score (nSPS) is 10.7. The maximum absolute atomic E-state index is 13.4. The van der Waals surface area contributed by atoms with Gasteiger partial charge >= 0.3 is 0 Å². The van der Waals surface area contributed by atoms with E-state index in [2.05, 4.69) is 15.6 Å². The molecule has 0 unspecified atom stereocenters. The molecule has 0 atom stereocenters. The van der Waals surface area contributed by atoms with Gasteiger partial charge in [0.25, 0.3) is 0 Å². The molecular weight excluding hydrogens is 285 g/mol. The van der Waals surface area contributed by atoms with Crippen LogP contribution in [0.15, 0.2) is 18.2 Å². The maximum atomic E-state index is 13.4. The van der Waals surface area contributed by atoms with Gasteiger partial charge in [-0.1, -0.05) is 6.92 Å². The van der Waals surface area contributed by atoms with Crippen molar-refractivity contribution in [3.05, 3.63) is 35.3 Å². The van der Waals surface area contributed by atoms with Gasteiger partial charge in [-0.15, -0.1) is 0 Å². The summed E-state index contributed by atoms with van der Waals surface area (Å²) in [4.78, 5) is 26.5. The Balaban J connectivity index is 2.01. The Hall–Kier alpha value is -2.37. The molecule has 6 heteroatoms. The zero-order valence-corrected chi connectivity index (χ0v) is 12.8. The largest absolute Gasteiger partial charge is 0.358 e. The number of hydrogen-bond acceptors (Lipinski definition) is 2. The Morgan fingerprint density at radius 3 is 2.73 bits per heavy atom. The second-order valence-electron chi connectivity index (χ2n) is 5.22. The summed E-state index contributed by atoms with van der Waals surface area (Å²) in [7, 11) is 0. The standard InChI is InChI=1S/C16H20FN3O2/c1-3-6-18-16(22)9-19-15(21)8-12-10(2)20-14-5-4-11(17)7-13(12)14/h4-5,7,20H,3,6,8-9H2,1-2H3,(H,18,22)(H,19,21). The topological polar surface area (TPSA) is 74.0 Å². The number of aromatic amines is 1. The Morgan fingerprint density at radius 2 is 2.00 bits per heavy atom. The number of aromatic nitrogens is 1. The first-order valence-electron chi connectivity index (χ1n) is 7.31. The van der Waals surface area contributed by atoms with Crippen molar-refractivity contribution >= 4 is 22.7 Å². The number of carbonyl (C=O) groups is 2. The fraction of sp³-hybridized carbons (Fsp3) is 0.375. The van der Waals surface area contributed by atoms with Crippen molar-refractivity contribution in [3.8, 4) is 0 Å². The van der Waals surface area contributed by atoms with Crippen LogP contribution in [-0.2, 0) is 16.0 Å². The average molecular weight is 305 g/mol. The van der Waals surface area contributed by atoms with Crippen molar-refractivity contribution in [1.82, 2.24) is 15.6 Å². The molecule has 0 aliphatic carbocycles. The summed E-state index contributed by atoms with van der Waals surface area (Å²) in [5.74, 6) is -0.816. The molecule has 1 aromatic heterocycles. The summed E-state index contributed by atoms with van der Waals surface area (Å²) in [5.41, 5.74) is 2.37. The van der Waals surface area contributed by atoms with Crippen molar-refractivity contribution in [3.63, 3.8) is 0 Å². The lowest BCUT2D eigenvalue weighted by Crippen LogP contribution is -2.37. The first-order chi connectivity index (χ1) is 10.5. The van der Waals surface area contributed by atoms with E-state index in [9.17, 15) is 14.0 Å². The van der Waals surface area contributed by atoms with Crippen molar-refractivity contribution in [1.29, 1.82) is 0 Å². The molecule has 2 rings (SSSR count). The Labute approximate surface area is 128 Å². The SMILES string of the molecule is CCCNC(=O)CNC(=O)Cc1c(C)[nH]c2ccc(F)cc12. The van der Waals surface area contributed by atoms with Crippen LogP contribution < -0.4 is 10.6 Å². The van der Waals surface area contributed by atoms with Crippen LogP contribution in [0.25, 0.3) is 10.9 Å². The number of amides is 2. The Kier molecular flexibility index (Phi) is 5.14. The van der Waals surface area contributed by atoms with Gasteiger partial charge in [0, 0.05) is 23.1 Å². The highest BCUT2D eigenvalue weighted by molar-refractivity contribution is 5.91. The maximum Gasteiger partial charge on any atom is 0.239 e. The van der Waals surface area contributed by atoms with Crippen LogP contribution in [0.1, 0.15) is 24.6 Å². The van der Waals surface area contributed by atoms with E-state index in [1.165, 1.54) is 12.1 Å². The zero-order valence-electron chi connectivity index (χ0n) is 12.8. The number of fused-ring (bicyclic) bond motifs is 1. The van der Waals surface area contributed by atoms with E-state index in [4.69, 9.17) is 0 Å². The number of rotatable bonds is 6. The molecule has 1 heterocycles. The summed E-state index contributed by atoms with van der Waals surface area (Å²) in [6.07, 6.45) is 0.954. The van der Waals surface area contributed by atoms with Gasteiger partial charge in [0.05, 0.1) is 13.0 Å². The van der Waals surface area contributed by atoms with E-state index in [1.807, 2.05) is 13.8 Å². The third-order valence-corrected chi connectivity index (χ3v) is 3.44. The van der Waals surface area contributed by atoms with Gasteiger partial charge in [0.2, 0.25) is 11.8 Å². The summed E-state index contributed by atoms with van der Waals surface area (Å²) in [6.45, 7) is 4.34. The van der Waals surface area contributed by atoms with E-state index in [0.29, 0.717) is 11.9 Å². The lowest BCUT2D eigenvalue weighted by atomic mass is 10.1. The summed E-state index contributed by atoms with van der Waals surface area (Å²) in [6, 6.07) is 4.44. The van der Waals surface area contributed by atoms with Crippen LogP contribution in [0.3, 0.4) is 0 Å². The van der Waals surface area contributed by atoms with E-state index in [0.717, 1.165) is 23.2 Å². The number of H-pyrrole nitrogens is 1. The first kappa shape index (κ1) is 16.0. The van der Waals surface area contributed by atoms with Crippen molar-refractivity contribution < 1.29 is 14.0 Å². The predicted octanol–water partition coefficient (Wildman–Crippen LogP) is 1.80. The molecular formula is C16H20FN3O2. The van der Waals surface area contributed by atoms with Crippen LogP contribution in [-0.4, -0.2) is 29.9 Å². The molecule has 1 aromatic carbocycles. The highest BCUT2D eigenvalue weighted by atomic mass is 19.1. The second-order valence-corrected chi connectivity index (χ2v) is 5.22. The van der Waals surface area contributed by atoms with Crippen molar-refractivity contribution in [2.45, 2.75) is 26.7 Å². The van der Waals surface area contributed by atoms with Crippen molar-refractivity contribution in [2.75, 3.05) is 13.1 Å². The quantitative estimate of drug-likeness (QED) is 0.761. The highest BCUT2D eigenvalue weighted by Gasteiger charge is 2.13. The summed E-state index contributed by atoms with van der Waals surface area (Å²) in [5, 5.41) is 5.96. The smallest absolute Gasteiger partial charge is 0.239 e. The molecule has 0 radical (unpaired) electrons. The molecule has 0 saturated carbocycles. The van der Waals surface area contributed by atoms with Crippen LogP contribution in [0.2, 0.25) is 0 Å². The van der Waals surface area contributed by atoms with Gasteiger partial charge in [0.15, 0.2) is 0 Å². The fourth-order valence-corrected chi connectivity index (χ4v) is 2.31. The van der Waals surface area contributed by atoms with E-state index in [-0.39, 0.29) is 30.6 Å². The van der Waals surface area contributed by atoms with Gasteiger partial charge < -0.3 is 15.6 Å². The number of halogens is 1. The van der Waals surface area contributed by atoms with Crippen LogP contribution >= 0.6 is 0 Å². The average Bonchev–Trinajstić information content (AvgIpc) is 2.79. The van der Waals surface area contributed by atoms with Gasteiger partial charge in [-0.2, -0.15) is 0 Å². The van der Waals surface area contributed by atoms with Crippen molar-refractivity contribution in [2.24, 2.45) is 0 Å². The minimum atomic E-state index is -0.341. The third-order valence-electron chi connectivity index (χ3n) is 3.44. The highest BCUT2D eigenvalue weighted by Crippen LogP contribution is 2.23. The second kappa shape index (κ2) is 7.06. The zero-order chi connectivity index (χ0) is 16.1. The summed E-state index contributed by atoms with van der Waals surface area (Å²) >= 11 is 0. The molecule has 2 amide bonds. The minimum Gasteiger partial charge on any atom is -0.358 e. The molecule has 0 bridgehead atoms. The molecule has 0 aliphatic heterocycles. The predicted molar refractivity (Wildman–Crippen MR) is 83.0 cm³/mol. The number of hydrogen-bond donors (Lipinski definition) is 3. The number of nitrogens with one attached hydrogen (secondary N) is 3. The van der Waals surface area contributed by atoms with Crippen LogP contribution in [0.5, 0.6) is 0 Å². The summed E-state index contributed by atoms with van der Waals surface area (Å²) < 4.78 is 13.4. The number of aryl methyl sites for hydroxylation is 1. The molecule has 0 spiro atoms. The van der Waals surface area contributed by atoms with Gasteiger partial charge in [-0.3, -0.25) is 9.59 Å². The fourth-order valence-electron chi connectivity index (χ4n) is 2.31. The Morgan fingerprint density at radius 1 is 1.23 bits per heavy atom. The molecule has 0 saturated heterocycles. The third kappa shape index (κ3) is 3.84. The minimum absolute atomic E-state index is 0.0470. The molecule has 22 heavy (non-hydrogen) atoms. The molecule has 118 valence electrons. The van der Waals surface area contributed by atoms with Gasteiger partial charge in [0.1, 0.15) is 5.82 Å². The molecule has 0 fully saturated rings. The molecule has 3 N–H and O–H groups in total. The van der Waals surface area contributed by atoms with E-state index < -0.39 is 0 Å². The Bertz CT molecular complexity index is 694. The number of benzene rings is 1. The van der Waals surface area contributed by atoms with Gasteiger partial charge in [-0.05, 0) is 37.1 Å². The van der Waals surface area contributed by atoms with Gasteiger partial charge in [-0.25, -0.2) is 4.39 Å². The van der Waals surface area contributed by atoms with Crippen LogP contribution in [0, 0.1) is 12.7 Å². The molecule has 2 aromatic rings. The lowest BCUT2D eigenvalue weighted by Gasteiger charge is -2.06. The molecule has 5 nitrogen and oxygen atoms in total. The van der Waals surface area contributed by atoms with Crippen LogP contribution in [0.4, 0.5) is 4.39 Å².